The molecule has 0 saturated carbocycles. The summed E-state index contributed by atoms with van der Waals surface area (Å²) in [7, 11) is 0. The van der Waals surface area contributed by atoms with Gasteiger partial charge in [0, 0.05) is 36.4 Å². The SMILES string of the molecule is O=C(Nc1nc(-c2ccc3c(c2)CCCC3)cs1)[C@H]1CCCN(c2ncccn2)C1. The normalized spacial score (nSPS) is 18.7. The second-order valence-corrected chi connectivity index (χ2v) is 8.91. The lowest BCUT2D eigenvalue weighted by molar-refractivity contribution is -0.120. The number of thiazole rings is 1. The number of fused-ring (bicyclic) bond motifs is 1. The molecule has 6 nitrogen and oxygen atoms in total. The number of hydrogen-bond donors (Lipinski definition) is 1. The summed E-state index contributed by atoms with van der Waals surface area (Å²) in [6, 6.07) is 8.47. The van der Waals surface area contributed by atoms with Crippen LogP contribution in [0, 0.1) is 5.92 Å². The van der Waals surface area contributed by atoms with Crippen LogP contribution in [-0.2, 0) is 17.6 Å². The van der Waals surface area contributed by atoms with E-state index in [1.54, 1.807) is 18.5 Å². The van der Waals surface area contributed by atoms with Crippen LogP contribution < -0.4 is 10.2 Å². The van der Waals surface area contributed by atoms with Crippen molar-refractivity contribution in [3.63, 3.8) is 0 Å². The van der Waals surface area contributed by atoms with Crippen molar-refractivity contribution in [1.29, 1.82) is 0 Å². The molecule has 1 saturated heterocycles. The number of rotatable bonds is 4. The first kappa shape index (κ1) is 19.2. The number of carbonyl (C=O) groups excluding carboxylic acids is 1. The van der Waals surface area contributed by atoms with Gasteiger partial charge >= 0.3 is 0 Å². The minimum absolute atomic E-state index is 0.0296. The van der Waals surface area contributed by atoms with E-state index in [0.717, 1.165) is 37.1 Å². The van der Waals surface area contributed by atoms with Crippen molar-refractivity contribution >= 4 is 28.3 Å². The number of nitrogens with zero attached hydrogens (tertiary/aromatic N) is 4. The molecule has 0 spiro atoms. The van der Waals surface area contributed by atoms with Crippen molar-refractivity contribution in [1.82, 2.24) is 15.0 Å². The first-order valence-corrected chi connectivity index (χ1v) is 11.5. The molecule has 7 heteroatoms. The molecule has 1 amide bonds. The summed E-state index contributed by atoms with van der Waals surface area (Å²) in [5.41, 5.74) is 4.99. The fourth-order valence-electron chi connectivity index (χ4n) is 4.39. The molecule has 2 aliphatic rings. The molecule has 2 aromatic heterocycles. The number of aromatic nitrogens is 3. The van der Waals surface area contributed by atoms with E-state index in [0.29, 0.717) is 17.6 Å². The van der Waals surface area contributed by atoms with E-state index in [1.807, 2.05) is 5.38 Å². The number of nitrogens with one attached hydrogen (secondary N) is 1. The summed E-state index contributed by atoms with van der Waals surface area (Å²) in [5.74, 6) is 0.638. The zero-order chi connectivity index (χ0) is 20.3. The third-order valence-electron chi connectivity index (χ3n) is 6.01. The van der Waals surface area contributed by atoms with Gasteiger partial charge in [-0.1, -0.05) is 12.1 Å². The van der Waals surface area contributed by atoms with Crippen LogP contribution in [0.2, 0.25) is 0 Å². The van der Waals surface area contributed by atoms with E-state index in [9.17, 15) is 4.79 Å². The molecule has 1 atom stereocenters. The van der Waals surface area contributed by atoms with Crippen molar-refractivity contribution in [2.24, 2.45) is 5.92 Å². The highest BCUT2D eigenvalue weighted by molar-refractivity contribution is 7.14. The Morgan fingerprint density at radius 3 is 2.80 bits per heavy atom. The summed E-state index contributed by atoms with van der Waals surface area (Å²) in [6.07, 6.45) is 10.2. The van der Waals surface area contributed by atoms with Crippen molar-refractivity contribution in [2.75, 3.05) is 23.3 Å². The molecule has 1 aromatic carbocycles. The number of amides is 1. The van der Waals surface area contributed by atoms with Gasteiger partial charge in [0.25, 0.3) is 0 Å². The Balaban J connectivity index is 1.25. The van der Waals surface area contributed by atoms with Gasteiger partial charge < -0.3 is 10.2 Å². The molecule has 0 radical (unpaired) electrons. The highest BCUT2D eigenvalue weighted by atomic mass is 32.1. The fraction of sp³-hybridized carbons (Fsp3) is 0.391. The van der Waals surface area contributed by atoms with Crippen molar-refractivity contribution < 1.29 is 4.79 Å². The Bertz CT molecular complexity index is 1040. The standard InChI is InChI=1S/C23H25N5OS/c29-21(19-7-3-12-28(14-19)22-24-10-4-11-25-22)27-23-26-20(15-30-23)18-9-8-16-5-1-2-6-17(16)13-18/h4,8-11,13,15,19H,1-3,5-7,12,14H2,(H,26,27,29)/t19-/m0/s1. The molecule has 5 rings (SSSR count). The van der Waals surface area contributed by atoms with Gasteiger partial charge in [0.2, 0.25) is 11.9 Å². The molecule has 3 aromatic rings. The molecule has 154 valence electrons. The van der Waals surface area contributed by atoms with Gasteiger partial charge in [-0.15, -0.1) is 11.3 Å². The second-order valence-electron chi connectivity index (χ2n) is 8.05. The van der Waals surface area contributed by atoms with E-state index in [4.69, 9.17) is 0 Å². The Morgan fingerprint density at radius 1 is 1.10 bits per heavy atom. The lowest BCUT2D eigenvalue weighted by Crippen LogP contribution is -2.41. The van der Waals surface area contributed by atoms with Crippen molar-refractivity contribution in [2.45, 2.75) is 38.5 Å². The molecule has 0 bridgehead atoms. The van der Waals surface area contributed by atoms with Crippen LogP contribution >= 0.6 is 11.3 Å². The molecule has 0 unspecified atom stereocenters. The van der Waals surface area contributed by atoms with Gasteiger partial charge in [-0.05, 0) is 61.8 Å². The van der Waals surface area contributed by atoms with Gasteiger partial charge in [-0.3, -0.25) is 4.79 Å². The van der Waals surface area contributed by atoms with E-state index < -0.39 is 0 Å². The van der Waals surface area contributed by atoms with Gasteiger partial charge in [0.05, 0.1) is 11.6 Å². The zero-order valence-corrected chi connectivity index (χ0v) is 17.7. The molecule has 1 N–H and O–H groups in total. The Kier molecular flexibility index (Phi) is 5.45. The second kappa shape index (κ2) is 8.52. The number of benzene rings is 1. The fourth-order valence-corrected chi connectivity index (χ4v) is 5.11. The summed E-state index contributed by atoms with van der Waals surface area (Å²) < 4.78 is 0. The highest BCUT2D eigenvalue weighted by Crippen LogP contribution is 2.30. The minimum atomic E-state index is -0.0846. The van der Waals surface area contributed by atoms with Crippen LogP contribution in [-0.4, -0.2) is 33.9 Å². The maximum atomic E-state index is 12.9. The quantitative estimate of drug-likeness (QED) is 0.681. The number of hydrogen-bond acceptors (Lipinski definition) is 6. The van der Waals surface area contributed by atoms with Crippen LogP contribution in [0.15, 0.2) is 42.0 Å². The lowest BCUT2D eigenvalue weighted by atomic mass is 9.90. The molecular formula is C23H25N5OS. The molecule has 30 heavy (non-hydrogen) atoms. The van der Waals surface area contributed by atoms with E-state index in [2.05, 4.69) is 43.4 Å². The monoisotopic (exact) mass is 419 g/mol. The van der Waals surface area contributed by atoms with Gasteiger partial charge in [-0.25, -0.2) is 15.0 Å². The van der Waals surface area contributed by atoms with Gasteiger partial charge in [-0.2, -0.15) is 0 Å². The van der Waals surface area contributed by atoms with Crippen LogP contribution in [0.1, 0.15) is 36.8 Å². The summed E-state index contributed by atoms with van der Waals surface area (Å²) in [5, 5.41) is 5.74. The van der Waals surface area contributed by atoms with Crippen LogP contribution in [0.5, 0.6) is 0 Å². The first-order chi connectivity index (χ1) is 14.8. The first-order valence-electron chi connectivity index (χ1n) is 10.7. The largest absolute Gasteiger partial charge is 0.340 e. The highest BCUT2D eigenvalue weighted by Gasteiger charge is 2.27. The topological polar surface area (TPSA) is 71.0 Å². The summed E-state index contributed by atoms with van der Waals surface area (Å²) in [6.45, 7) is 1.52. The van der Waals surface area contributed by atoms with Crippen molar-refractivity contribution in [3.8, 4) is 11.3 Å². The molecule has 1 aliphatic carbocycles. The number of piperidine rings is 1. The Labute approximate surface area is 180 Å². The average molecular weight is 420 g/mol. The van der Waals surface area contributed by atoms with Crippen LogP contribution in [0.4, 0.5) is 11.1 Å². The molecule has 1 fully saturated rings. The Hall–Kier alpha value is -2.80. The zero-order valence-electron chi connectivity index (χ0n) is 16.9. The Morgan fingerprint density at radius 2 is 1.93 bits per heavy atom. The predicted molar refractivity (Wildman–Crippen MR) is 120 cm³/mol. The van der Waals surface area contributed by atoms with Crippen LogP contribution in [0.3, 0.4) is 0 Å². The van der Waals surface area contributed by atoms with Gasteiger partial charge in [0.15, 0.2) is 5.13 Å². The molecular weight excluding hydrogens is 394 g/mol. The molecule has 1 aliphatic heterocycles. The smallest absolute Gasteiger partial charge is 0.231 e. The summed E-state index contributed by atoms with van der Waals surface area (Å²) in [4.78, 5) is 28.3. The number of aryl methyl sites for hydroxylation is 2. The van der Waals surface area contributed by atoms with Crippen LogP contribution in [0.25, 0.3) is 11.3 Å². The maximum Gasteiger partial charge on any atom is 0.231 e. The number of carbonyl (C=O) groups is 1. The lowest BCUT2D eigenvalue weighted by Gasteiger charge is -2.31. The average Bonchev–Trinajstić information content (AvgIpc) is 3.28. The van der Waals surface area contributed by atoms with E-state index >= 15 is 0 Å². The maximum absolute atomic E-state index is 12.9. The van der Waals surface area contributed by atoms with Crippen molar-refractivity contribution in [3.05, 3.63) is 53.2 Å². The molecule has 3 heterocycles. The van der Waals surface area contributed by atoms with Gasteiger partial charge in [0.1, 0.15) is 0 Å². The third-order valence-corrected chi connectivity index (χ3v) is 6.76. The predicted octanol–water partition coefficient (Wildman–Crippen LogP) is 4.33. The third kappa shape index (κ3) is 4.07. The minimum Gasteiger partial charge on any atom is -0.340 e. The summed E-state index contributed by atoms with van der Waals surface area (Å²) >= 11 is 1.49. The van der Waals surface area contributed by atoms with E-state index in [-0.39, 0.29) is 11.8 Å². The number of anilines is 2. The van der Waals surface area contributed by atoms with E-state index in [1.165, 1.54) is 41.7 Å².